The molecule has 0 aromatic heterocycles. The van der Waals surface area contributed by atoms with Gasteiger partial charge in [0.1, 0.15) is 5.56 Å². The van der Waals surface area contributed by atoms with Crippen LogP contribution in [0.1, 0.15) is 10.4 Å². The Morgan fingerprint density at radius 2 is 1.68 bits per heavy atom. The van der Waals surface area contributed by atoms with Gasteiger partial charge in [0.05, 0.1) is 15.9 Å². The van der Waals surface area contributed by atoms with Crippen molar-refractivity contribution in [1.29, 1.82) is 0 Å². The van der Waals surface area contributed by atoms with Crippen molar-refractivity contribution in [1.82, 2.24) is 5.32 Å². The number of nitro benzene ring substituents is 2. The maximum Gasteiger partial charge on any atom is 0.342 e. The number of alkyl halides is 2. The molecule has 0 spiro atoms. The monoisotopic (exact) mass is 353 g/mol. The Kier molecular flexibility index (Phi) is 9.75. The van der Waals surface area contributed by atoms with Crippen LogP contribution in [0.15, 0.2) is 18.2 Å². The zero-order valence-electron chi connectivity index (χ0n) is 11.2. The molecular weight excluding hydrogens is 341 g/mol. The van der Waals surface area contributed by atoms with E-state index in [4.69, 9.17) is 28.3 Å². The van der Waals surface area contributed by atoms with Crippen LogP contribution in [0.5, 0.6) is 0 Å². The highest BCUT2D eigenvalue weighted by molar-refractivity contribution is 6.18. The fourth-order valence-electron chi connectivity index (χ4n) is 1.22. The zero-order valence-corrected chi connectivity index (χ0v) is 12.7. The lowest BCUT2D eigenvalue weighted by Crippen LogP contribution is -2.18. The molecule has 9 nitrogen and oxygen atoms in total. The number of carboxylic acid groups (broad SMARTS) is 1. The molecule has 1 aromatic rings. The molecule has 0 aliphatic carbocycles. The quantitative estimate of drug-likeness (QED) is 0.332. The number of carbonyl (C=O) groups is 1. The van der Waals surface area contributed by atoms with Crippen molar-refractivity contribution in [2.75, 3.05) is 24.8 Å². The minimum Gasteiger partial charge on any atom is -0.477 e. The second-order valence-electron chi connectivity index (χ2n) is 3.65. The van der Waals surface area contributed by atoms with Crippen molar-refractivity contribution in [3.63, 3.8) is 0 Å². The van der Waals surface area contributed by atoms with E-state index in [9.17, 15) is 25.0 Å². The minimum atomic E-state index is -1.50. The first-order chi connectivity index (χ1) is 10.3. The fraction of sp³-hybridized carbons (Fsp3) is 0.364. The number of hydrogen-bond donors (Lipinski definition) is 2. The van der Waals surface area contributed by atoms with Crippen LogP contribution in [0.25, 0.3) is 0 Å². The minimum absolute atomic E-state index is 0.522. The first-order valence-electron chi connectivity index (χ1n) is 5.83. The van der Waals surface area contributed by atoms with Crippen molar-refractivity contribution in [3.8, 4) is 0 Å². The van der Waals surface area contributed by atoms with E-state index in [-0.39, 0.29) is 0 Å². The van der Waals surface area contributed by atoms with Crippen LogP contribution in [0.3, 0.4) is 0 Å². The van der Waals surface area contributed by atoms with Gasteiger partial charge >= 0.3 is 5.97 Å². The molecule has 1 rings (SSSR count). The third-order valence-corrected chi connectivity index (χ3v) is 2.54. The van der Waals surface area contributed by atoms with Gasteiger partial charge in [-0.25, -0.2) is 4.79 Å². The van der Waals surface area contributed by atoms with Crippen LogP contribution in [0.2, 0.25) is 0 Å². The lowest BCUT2D eigenvalue weighted by atomic mass is 10.1. The molecule has 0 amide bonds. The van der Waals surface area contributed by atoms with Gasteiger partial charge in [-0.15, -0.1) is 23.2 Å². The molecule has 2 N–H and O–H groups in total. The normalized spacial score (nSPS) is 9.55. The van der Waals surface area contributed by atoms with Gasteiger partial charge in [-0.05, 0) is 6.07 Å². The van der Waals surface area contributed by atoms with Crippen LogP contribution in [-0.4, -0.2) is 45.8 Å². The second kappa shape index (κ2) is 10.7. The summed E-state index contributed by atoms with van der Waals surface area (Å²) in [5.74, 6) is -0.176. The molecule has 11 heteroatoms. The Hall–Kier alpha value is -1.97. The third-order valence-electron chi connectivity index (χ3n) is 2.16. The standard InChI is InChI=1S/C7H4N2O6.C4H9Cl2N/c10-7(11)5-2-1-4(8(12)13)3-6(5)9(14)15;5-1-3-7-4-2-6/h1-3H,(H,10,11);7H,1-4H2. The van der Waals surface area contributed by atoms with Crippen molar-refractivity contribution in [2.45, 2.75) is 0 Å². The summed E-state index contributed by atoms with van der Waals surface area (Å²) in [7, 11) is 0. The summed E-state index contributed by atoms with van der Waals surface area (Å²) >= 11 is 10.7. The Morgan fingerprint density at radius 1 is 1.14 bits per heavy atom. The maximum absolute atomic E-state index is 10.5. The highest BCUT2D eigenvalue weighted by Crippen LogP contribution is 2.24. The van der Waals surface area contributed by atoms with E-state index < -0.39 is 32.8 Å². The topological polar surface area (TPSA) is 136 Å². The number of rotatable bonds is 7. The predicted octanol–water partition coefficient (Wildman–Crippen LogP) is 2.25. The van der Waals surface area contributed by atoms with E-state index in [2.05, 4.69) is 5.32 Å². The summed E-state index contributed by atoms with van der Waals surface area (Å²) in [6, 6.07) is 2.35. The van der Waals surface area contributed by atoms with E-state index in [1.54, 1.807) is 0 Å². The SMILES string of the molecule is ClCCNCCCl.O=C(O)c1ccc([N+](=O)[O-])cc1[N+](=O)[O-]. The number of benzene rings is 1. The van der Waals surface area contributed by atoms with Crippen molar-refractivity contribution < 1.29 is 19.7 Å². The van der Waals surface area contributed by atoms with Crippen molar-refractivity contribution in [2.24, 2.45) is 0 Å². The summed E-state index contributed by atoms with van der Waals surface area (Å²) in [5.41, 5.74) is -1.89. The van der Waals surface area contributed by atoms with Crippen LogP contribution in [0, 0.1) is 20.2 Å². The van der Waals surface area contributed by atoms with Crippen LogP contribution >= 0.6 is 23.2 Å². The smallest absolute Gasteiger partial charge is 0.342 e. The summed E-state index contributed by atoms with van der Waals surface area (Å²) < 4.78 is 0. The Bertz CT molecular complexity index is 537. The fourth-order valence-corrected chi connectivity index (χ4v) is 1.49. The van der Waals surface area contributed by atoms with Crippen molar-refractivity contribution >= 4 is 40.5 Å². The summed E-state index contributed by atoms with van der Waals surface area (Å²) in [4.78, 5) is 29.4. The first-order valence-corrected chi connectivity index (χ1v) is 6.90. The number of carboxylic acids is 1. The molecule has 0 bridgehead atoms. The van der Waals surface area contributed by atoms with Gasteiger partial charge in [-0.3, -0.25) is 20.2 Å². The molecular formula is C11H13Cl2N3O6. The number of hydrogen-bond acceptors (Lipinski definition) is 6. The molecule has 122 valence electrons. The van der Waals surface area contributed by atoms with E-state index in [0.29, 0.717) is 17.8 Å². The molecule has 0 unspecified atom stereocenters. The lowest BCUT2D eigenvalue weighted by molar-refractivity contribution is -0.394. The number of nitro groups is 2. The molecule has 0 heterocycles. The summed E-state index contributed by atoms with van der Waals surface area (Å²) in [6.07, 6.45) is 0. The van der Waals surface area contributed by atoms with E-state index >= 15 is 0 Å². The second-order valence-corrected chi connectivity index (χ2v) is 4.40. The van der Waals surface area contributed by atoms with Gasteiger partial charge < -0.3 is 10.4 Å². The molecule has 0 saturated carbocycles. The number of non-ortho nitro benzene ring substituents is 1. The van der Waals surface area contributed by atoms with Crippen LogP contribution in [-0.2, 0) is 0 Å². The maximum atomic E-state index is 10.5. The van der Waals surface area contributed by atoms with Crippen LogP contribution in [0.4, 0.5) is 11.4 Å². The molecule has 0 radical (unpaired) electrons. The number of nitrogens with zero attached hydrogens (tertiary/aromatic N) is 2. The van der Waals surface area contributed by atoms with Gasteiger partial charge in [-0.1, -0.05) is 0 Å². The first kappa shape index (κ1) is 20.0. The predicted molar refractivity (Wildman–Crippen MR) is 81.0 cm³/mol. The van der Waals surface area contributed by atoms with Crippen molar-refractivity contribution in [3.05, 3.63) is 44.0 Å². The molecule has 0 fully saturated rings. The molecule has 0 aliphatic rings. The largest absolute Gasteiger partial charge is 0.477 e. The average Bonchev–Trinajstić information content (AvgIpc) is 2.47. The molecule has 22 heavy (non-hydrogen) atoms. The Morgan fingerprint density at radius 3 is 2.05 bits per heavy atom. The number of nitrogens with one attached hydrogen (secondary N) is 1. The molecule has 0 atom stereocenters. The van der Waals surface area contributed by atoms with Gasteiger partial charge in [0, 0.05) is 30.9 Å². The molecule has 0 saturated heterocycles. The highest BCUT2D eigenvalue weighted by atomic mass is 35.5. The highest BCUT2D eigenvalue weighted by Gasteiger charge is 2.23. The summed E-state index contributed by atoms with van der Waals surface area (Å²) in [6.45, 7) is 1.71. The van der Waals surface area contributed by atoms with E-state index in [1.165, 1.54) is 0 Å². The third kappa shape index (κ3) is 7.16. The molecule has 0 aliphatic heterocycles. The average molecular weight is 354 g/mol. The zero-order chi connectivity index (χ0) is 17.1. The van der Waals surface area contributed by atoms with E-state index in [1.807, 2.05) is 0 Å². The van der Waals surface area contributed by atoms with Gasteiger partial charge in [-0.2, -0.15) is 0 Å². The number of aromatic carboxylic acids is 1. The van der Waals surface area contributed by atoms with Gasteiger partial charge in [0.25, 0.3) is 11.4 Å². The Labute approximate surface area is 135 Å². The Balaban J connectivity index is 0.000000534. The van der Waals surface area contributed by atoms with Gasteiger partial charge in [0.15, 0.2) is 0 Å². The summed E-state index contributed by atoms with van der Waals surface area (Å²) in [5, 5.41) is 32.3. The lowest BCUT2D eigenvalue weighted by Gasteiger charge is -1.97. The van der Waals surface area contributed by atoms with Gasteiger partial charge in [0.2, 0.25) is 0 Å². The van der Waals surface area contributed by atoms with E-state index in [0.717, 1.165) is 25.2 Å². The van der Waals surface area contributed by atoms with Crippen LogP contribution < -0.4 is 5.32 Å². The molecule has 1 aromatic carbocycles. The number of halogens is 2.